The average Bonchev–Trinajstić information content (AvgIpc) is 2.53. The maximum absolute atomic E-state index is 11.9. The fourth-order valence-corrected chi connectivity index (χ4v) is 2.71. The third-order valence-corrected chi connectivity index (χ3v) is 3.62. The first-order valence-corrected chi connectivity index (χ1v) is 7.23. The van der Waals surface area contributed by atoms with Crippen LogP contribution < -0.4 is 0 Å². The van der Waals surface area contributed by atoms with Gasteiger partial charge in [0.25, 0.3) is 0 Å². The second kappa shape index (κ2) is 6.89. The van der Waals surface area contributed by atoms with E-state index >= 15 is 0 Å². The SMILES string of the molecule is CCc1c(C(=O)OC(=O)O)ccc(-c2ccccc2)c1CC. The average molecular weight is 298 g/mol. The van der Waals surface area contributed by atoms with E-state index in [0.717, 1.165) is 28.7 Å². The third kappa shape index (κ3) is 3.17. The predicted octanol–water partition coefficient (Wildman–Crippen LogP) is 4.31. The molecule has 0 spiro atoms. The fraction of sp³-hybridized carbons (Fsp3) is 0.222. The summed E-state index contributed by atoms with van der Waals surface area (Å²) in [7, 11) is 0. The van der Waals surface area contributed by atoms with E-state index in [2.05, 4.69) is 4.74 Å². The van der Waals surface area contributed by atoms with Crippen LogP contribution in [0.15, 0.2) is 42.5 Å². The summed E-state index contributed by atoms with van der Waals surface area (Å²) >= 11 is 0. The van der Waals surface area contributed by atoms with Gasteiger partial charge in [-0.05, 0) is 41.2 Å². The summed E-state index contributed by atoms with van der Waals surface area (Å²) in [6.07, 6.45) is -0.201. The van der Waals surface area contributed by atoms with Crippen LogP contribution in [0.3, 0.4) is 0 Å². The Morgan fingerprint density at radius 1 is 0.955 bits per heavy atom. The van der Waals surface area contributed by atoms with E-state index in [-0.39, 0.29) is 0 Å². The van der Waals surface area contributed by atoms with E-state index in [4.69, 9.17) is 5.11 Å². The zero-order chi connectivity index (χ0) is 16.1. The van der Waals surface area contributed by atoms with Crippen molar-refractivity contribution in [3.05, 3.63) is 59.2 Å². The van der Waals surface area contributed by atoms with Gasteiger partial charge < -0.3 is 9.84 Å². The van der Waals surface area contributed by atoms with Crippen molar-refractivity contribution in [2.45, 2.75) is 26.7 Å². The second-order valence-corrected chi connectivity index (χ2v) is 4.85. The molecule has 0 aromatic heterocycles. The van der Waals surface area contributed by atoms with E-state index in [9.17, 15) is 9.59 Å². The van der Waals surface area contributed by atoms with Gasteiger partial charge in [-0.3, -0.25) is 0 Å². The first kappa shape index (κ1) is 15.8. The minimum Gasteiger partial charge on any atom is -0.449 e. The summed E-state index contributed by atoms with van der Waals surface area (Å²) in [6, 6.07) is 13.4. The molecule has 0 aliphatic carbocycles. The number of ether oxygens (including phenoxy) is 1. The zero-order valence-electron chi connectivity index (χ0n) is 12.6. The number of carbonyl (C=O) groups is 2. The standard InChI is InChI=1S/C18H18O4/c1-3-13-14(4-2)16(17(19)22-18(20)21)11-10-15(13)12-8-6-5-7-9-12/h5-11H,3-4H2,1-2H3,(H,20,21). The molecular weight excluding hydrogens is 280 g/mol. The van der Waals surface area contributed by atoms with Crippen LogP contribution in [0.25, 0.3) is 11.1 Å². The summed E-state index contributed by atoms with van der Waals surface area (Å²) in [4.78, 5) is 22.5. The highest BCUT2D eigenvalue weighted by Gasteiger charge is 2.19. The first-order valence-electron chi connectivity index (χ1n) is 7.23. The number of hydrogen-bond donors (Lipinski definition) is 1. The molecule has 114 valence electrons. The number of carboxylic acid groups (broad SMARTS) is 1. The Labute approximate surface area is 129 Å². The van der Waals surface area contributed by atoms with Crippen molar-refractivity contribution in [1.29, 1.82) is 0 Å². The normalized spacial score (nSPS) is 10.3. The molecule has 22 heavy (non-hydrogen) atoms. The number of rotatable bonds is 4. The lowest BCUT2D eigenvalue weighted by molar-refractivity contribution is 0.0508. The maximum atomic E-state index is 11.9. The molecule has 0 radical (unpaired) electrons. The Hall–Kier alpha value is -2.62. The van der Waals surface area contributed by atoms with Gasteiger partial charge in [-0.1, -0.05) is 50.2 Å². The van der Waals surface area contributed by atoms with Crippen LogP contribution in [0.2, 0.25) is 0 Å². The number of esters is 1. The summed E-state index contributed by atoms with van der Waals surface area (Å²) < 4.78 is 4.30. The van der Waals surface area contributed by atoms with Crippen molar-refractivity contribution in [3.8, 4) is 11.1 Å². The van der Waals surface area contributed by atoms with Crippen molar-refractivity contribution in [2.75, 3.05) is 0 Å². The Bertz CT molecular complexity index is 690. The monoisotopic (exact) mass is 298 g/mol. The molecule has 0 fully saturated rings. The van der Waals surface area contributed by atoms with Crippen molar-refractivity contribution < 1.29 is 19.4 Å². The molecule has 2 aromatic carbocycles. The molecule has 0 atom stereocenters. The Morgan fingerprint density at radius 3 is 2.14 bits per heavy atom. The van der Waals surface area contributed by atoms with Crippen LogP contribution in [0.1, 0.15) is 35.3 Å². The summed E-state index contributed by atoms with van der Waals surface area (Å²) in [5, 5.41) is 8.62. The maximum Gasteiger partial charge on any atom is 0.513 e. The second-order valence-electron chi connectivity index (χ2n) is 4.85. The molecule has 1 N–H and O–H groups in total. The van der Waals surface area contributed by atoms with Crippen LogP contribution >= 0.6 is 0 Å². The first-order chi connectivity index (χ1) is 10.6. The highest BCUT2D eigenvalue weighted by molar-refractivity contribution is 5.97. The Morgan fingerprint density at radius 2 is 1.59 bits per heavy atom. The van der Waals surface area contributed by atoms with E-state index in [1.165, 1.54) is 0 Å². The van der Waals surface area contributed by atoms with Gasteiger partial charge in [0.05, 0.1) is 5.56 Å². The van der Waals surface area contributed by atoms with Crippen LogP contribution in [0.4, 0.5) is 4.79 Å². The minimum absolute atomic E-state index is 0.321. The quantitative estimate of drug-likeness (QED) is 0.674. The van der Waals surface area contributed by atoms with E-state index < -0.39 is 12.1 Å². The lowest BCUT2D eigenvalue weighted by Gasteiger charge is -2.16. The van der Waals surface area contributed by atoms with Crippen molar-refractivity contribution in [3.63, 3.8) is 0 Å². The van der Waals surface area contributed by atoms with Gasteiger partial charge in [0.1, 0.15) is 0 Å². The number of hydrogen-bond acceptors (Lipinski definition) is 3. The summed E-state index contributed by atoms with van der Waals surface area (Å²) in [5.41, 5.74) is 4.35. The van der Waals surface area contributed by atoms with Gasteiger partial charge in [0.2, 0.25) is 0 Å². The number of carbonyl (C=O) groups excluding carboxylic acids is 1. The topological polar surface area (TPSA) is 63.6 Å². The van der Waals surface area contributed by atoms with Crippen molar-refractivity contribution >= 4 is 12.1 Å². The Balaban J connectivity index is 2.57. The smallest absolute Gasteiger partial charge is 0.449 e. The molecule has 2 rings (SSSR count). The minimum atomic E-state index is -1.59. The lowest BCUT2D eigenvalue weighted by atomic mass is 9.89. The van der Waals surface area contributed by atoms with Crippen LogP contribution in [0, 0.1) is 0 Å². The van der Waals surface area contributed by atoms with Gasteiger partial charge in [-0.25, -0.2) is 9.59 Å². The van der Waals surface area contributed by atoms with E-state index in [0.29, 0.717) is 12.0 Å². The van der Waals surface area contributed by atoms with Gasteiger partial charge in [0.15, 0.2) is 0 Å². The fourth-order valence-electron chi connectivity index (χ4n) is 2.71. The summed E-state index contributed by atoms with van der Waals surface area (Å²) in [6.45, 7) is 3.97. The third-order valence-electron chi connectivity index (χ3n) is 3.62. The van der Waals surface area contributed by atoms with Crippen LogP contribution in [-0.4, -0.2) is 17.2 Å². The molecule has 0 saturated heterocycles. The molecule has 4 heteroatoms. The Kier molecular flexibility index (Phi) is 4.94. The molecule has 0 saturated carbocycles. The largest absolute Gasteiger partial charge is 0.513 e. The molecule has 0 heterocycles. The van der Waals surface area contributed by atoms with Crippen LogP contribution in [-0.2, 0) is 17.6 Å². The molecule has 0 bridgehead atoms. The molecular formula is C18H18O4. The molecule has 0 aliphatic rings. The molecule has 0 amide bonds. The highest BCUT2D eigenvalue weighted by Crippen LogP contribution is 2.30. The van der Waals surface area contributed by atoms with Gasteiger partial charge in [-0.15, -0.1) is 0 Å². The van der Waals surface area contributed by atoms with Gasteiger partial charge in [0, 0.05) is 0 Å². The van der Waals surface area contributed by atoms with Gasteiger partial charge >= 0.3 is 12.1 Å². The highest BCUT2D eigenvalue weighted by atomic mass is 16.7. The molecule has 0 aliphatic heterocycles. The summed E-state index contributed by atoms with van der Waals surface area (Å²) in [5.74, 6) is -0.821. The van der Waals surface area contributed by atoms with E-state index in [1.807, 2.05) is 50.2 Å². The molecule has 4 nitrogen and oxygen atoms in total. The molecule has 0 unspecified atom stereocenters. The zero-order valence-corrected chi connectivity index (χ0v) is 12.6. The van der Waals surface area contributed by atoms with Crippen molar-refractivity contribution in [2.24, 2.45) is 0 Å². The van der Waals surface area contributed by atoms with Gasteiger partial charge in [-0.2, -0.15) is 0 Å². The van der Waals surface area contributed by atoms with E-state index in [1.54, 1.807) is 6.07 Å². The van der Waals surface area contributed by atoms with Crippen LogP contribution in [0.5, 0.6) is 0 Å². The number of benzene rings is 2. The van der Waals surface area contributed by atoms with Crippen molar-refractivity contribution in [1.82, 2.24) is 0 Å². The molecule has 2 aromatic rings. The lowest BCUT2D eigenvalue weighted by Crippen LogP contribution is -2.14. The predicted molar refractivity (Wildman–Crippen MR) is 84.1 cm³/mol.